The summed E-state index contributed by atoms with van der Waals surface area (Å²) in [4.78, 5) is 11.7. The minimum atomic E-state index is -0.0353. The Balaban J connectivity index is 3.35. The number of carbonyl (C=O) groups is 1. The van der Waals surface area contributed by atoms with Gasteiger partial charge in [0.15, 0.2) is 0 Å². The zero-order valence-corrected chi connectivity index (χ0v) is 17.3. The van der Waals surface area contributed by atoms with Gasteiger partial charge in [-0.05, 0) is 51.4 Å². The van der Waals surface area contributed by atoms with Crippen LogP contribution in [-0.2, 0) is 9.53 Å². The van der Waals surface area contributed by atoms with Gasteiger partial charge in [-0.15, -0.1) is 0 Å². The van der Waals surface area contributed by atoms with Crippen molar-refractivity contribution in [1.82, 2.24) is 0 Å². The molecular weight excluding hydrogens is 308 g/mol. The van der Waals surface area contributed by atoms with Crippen LogP contribution >= 0.6 is 0 Å². The Bertz CT molecular complexity index is 355. The summed E-state index contributed by atoms with van der Waals surface area (Å²) < 4.78 is 5.38. The first-order valence-electron chi connectivity index (χ1n) is 10.6. The first-order chi connectivity index (χ1) is 12.1. The highest BCUT2D eigenvalue weighted by molar-refractivity contribution is 5.69. The van der Waals surface area contributed by atoms with Gasteiger partial charge in [-0.25, -0.2) is 0 Å². The SMILES string of the molecule is CCCCC/C=C\C/C=C/CCCCCCCC(=O)OC(C)C(C)C. The first kappa shape index (κ1) is 23.9. The van der Waals surface area contributed by atoms with Gasteiger partial charge in [0, 0.05) is 6.42 Å². The van der Waals surface area contributed by atoms with E-state index in [1.165, 1.54) is 51.4 Å². The van der Waals surface area contributed by atoms with Crippen molar-refractivity contribution in [2.24, 2.45) is 5.92 Å². The fourth-order valence-corrected chi connectivity index (χ4v) is 2.48. The van der Waals surface area contributed by atoms with Gasteiger partial charge in [-0.3, -0.25) is 4.79 Å². The number of hydrogen-bond acceptors (Lipinski definition) is 2. The predicted octanol–water partition coefficient (Wildman–Crippen LogP) is 7.39. The summed E-state index contributed by atoms with van der Waals surface area (Å²) in [6, 6.07) is 0. The minimum Gasteiger partial charge on any atom is -0.462 e. The molecule has 1 unspecified atom stereocenters. The Kier molecular flexibility index (Phi) is 17.0. The molecule has 146 valence electrons. The Morgan fingerprint density at radius 3 is 1.96 bits per heavy atom. The lowest BCUT2D eigenvalue weighted by molar-refractivity contribution is -0.150. The molecule has 0 bridgehead atoms. The molecule has 0 saturated heterocycles. The summed E-state index contributed by atoms with van der Waals surface area (Å²) in [5.74, 6) is 0.362. The maximum Gasteiger partial charge on any atom is 0.306 e. The molecule has 0 radical (unpaired) electrons. The largest absolute Gasteiger partial charge is 0.462 e. The van der Waals surface area contributed by atoms with Gasteiger partial charge >= 0.3 is 5.97 Å². The number of ether oxygens (including phenoxy) is 1. The second kappa shape index (κ2) is 17.8. The van der Waals surface area contributed by atoms with Crippen molar-refractivity contribution >= 4 is 5.97 Å². The third-order valence-corrected chi connectivity index (χ3v) is 4.59. The summed E-state index contributed by atoms with van der Waals surface area (Å²) in [5.41, 5.74) is 0. The lowest BCUT2D eigenvalue weighted by atomic mass is 10.1. The Morgan fingerprint density at radius 1 is 0.800 bits per heavy atom. The lowest BCUT2D eigenvalue weighted by Crippen LogP contribution is -2.19. The first-order valence-corrected chi connectivity index (χ1v) is 10.6. The van der Waals surface area contributed by atoms with Crippen LogP contribution in [0, 0.1) is 5.92 Å². The van der Waals surface area contributed by atoms with Crippen molar-refractivity contribution in [1.29, 1.82) is 0 Å². The molecule has 0 aliphatic carbocycles. The van der Waals surface area contributed by atoms with Crippen LogP contribution in [0.15, 0.2) is 24.3 Å². The molecule has 0 aromatic rings. The van der Waals surface area contributed by atoms with Crippen molar-refractivity contribution in [2.75, 3.05) is 0 Å². The average Bonchev–Trinajstić information content (AvgIpc) is 2.58. The molecular formula is C23H42O2. The van der Waals surface area contributed by atoms with Crippen LogP contribution in [0.3, 0.4) is 0 Å². The Hall–Kier alpha value is -1.05. The van der Waals surface area contributed by atoms with E-state index in [4.69, 9.17) is 4.74 Å². The molecule has 0 aliphatic rings. The third kappa shape index (κ3) is 17.6. The molecule has 1 atom stereocenters. The topological polar surface area (TPSA) is 26.3 Å². The van der Waals surface area contributed by atoms with Gasteiger partial charge in [-0.1, -0.05) is 77.2 Å². The molecule has 0 rings (SSSR count). The molecule has 2 heteroatoms. The third-order valence-electron chi connectivity index (χ3n) is 4.59. The minimum absolute atomic E-state index is 0.0328. The smallest absolute Gasteiger partial charge is 0.306 e. The summed E-state index contributed by atoms with van der Waals surface area (Å²) in [6.07, 6.45) is 23.1. The van der Waals surface area contributed by atoms with E-state index in [-0.39, 0.29) is 12.1 Å². The van der Waals surface area contributed by atoms with Crippen molar-refractivity contribution in [3.63, 3.8) is 0 Å². The highest BCUT2D eigenvalue weighted by atomic mass is 16.5. The number of carbonyl (C=O) groups excluding carboxylic acids is 1. The Labute approximate surface area is 157 Å². The van der Waals surface area contributed by atoms with E-state index in [0.29, 0.717) is 12.3 Å². The van der Waals surface area contributed by atoms with Crippen molar-refractivity contribution in [3.05, 3.63) is 24.3 Å². The molecule has 0 saturated carbocycles. The average molecular weight is 351 g/mol. The summed E-state index contributed by atoms with van der Waals surface area (Å²) in [7, 11) is 0. The van der Waals surface area contributed by atoms with Crippen molar-refractivity contribution in [3.8, 4) is 0 Å². The van der Waals surface area contributed by atoms with E-state index in [9.17, 15) is 4.79 Å². The molecule has 0 aliphatic heterocycles. The fourth-order valence-electron chi connectivity index (χ4n) is 2.48. The normalized spacial score (nSPS) is 13.2. The van der Waals surface area contributed by atoms with Gasteiger partial charge in [0.05, 0.1) is 0 Å². The summed E-state index contributed by atoms with van der Waals surface area (Å²) in [6.45, 7) is 8.37. The van der Waals surface area contributed by atoms with Crippen LogP contribution in [-0.4, -0.2) is 12.1 Å². The second-order valence-electron chi connectivity index (χ2n) is 7.42. The number of unbranched alkanes of at least 4 members (excludes halogenated alkanes) is 8. The van der Waals surface area contributed by atoms with E-state index in [2.05, 4.69) is 45.1 Å². The van der Waals surface area contributed by atoms with E-state index < -0.39 is 0 Å². The van der Waals surface area contributed by atoms with Crippen LogP contribution in [0.2, 0.25) is 0 Å². The van der Waals surface area contributed by atoms with Crippen molar-refractivity contribution < 1.29 is 9.53 Å². The van der Waals surface area contributed by atoms with Gasteiger partial charge in [-0.2, -0.15) is 0 Å². The molecule has 0 spiro atoms. The fraction of sp³-hybridized carbons (Fsp3) is 0.783. The number of allylic oxidation sites excluding steroid dienone is 4. The van der Waals surface area contributed by atoms with E-state index in [1.54, 1.807) is 0 Å². The second-order valence-corrected chi connectivity index (χ2v) is 7.42. The zero-order valence-electron chi connectivity index (χ0n) is 17.3. The maximum atomic E-state index is 11.7. The molecule has 25 heavy (non-hydrogen) atoms. The zero-order chi connectivity index (χ0) is 18.8. The summed E-state index contributed by atoms with van der Waals surface area (Å²) in [5, 5.41) is 0. The number of esters is 1. The molecule has 0 N–H and O–H groups in total. The molecule has 0 heterocycles. The molecule has 2 nitrogen and oxygen atoms in total. The summed E-state index contributed by atoms with van der Waals surface area (Å²) >= 11 is 0. The van der Waals surface area contributed by atoms with Crippen LogP contribution in [0.25, 0.3) is 0 Å². The Morgan fingerprint density at radius 2 is 1.36 bits per heavy atom. The number of hydrogen-bond donors (Lipinski definition) is 0. The lowest BCUT2D eigenvalue weighted by Gasteiger charge is -2.16. The van der Waals surface area contributed by atoms with Gasteiger partial charge < -0.3 is 4.74 Å². The van der Waals surface area contributed by atoms with Crippen molar-refractivity contribution in [2.45, 2.75) is 111 Å². The van der Waals surface area contributed by atoms with Gasteiger partial charge in [0.25, 0.3) is 0 Å². The van der Waals surface area contributed by atoms with Gasteiger partial charge in [0.1, 0.15) is 6.10 Å². The van der Waals surface area contributed by atoms with Crippen LogP contribution < -0.4 is 0 Å². The molecule has 0 aromatic heterocycles. The molecule has 0 aromatic carbocycles. The highest BCUT2D eigenvalue weighted by Gasteiger charge is 2.12. The van der Waals surface area contributed by atoms with Crippen LogP contribution in [0.5, 0.6) is 0 Å². The van der Waals surface area contributed by atoms with Crippen LogP contribution in [0.1, 0.15) is 105 Å². The predicted molar refractivity (Wildman–Crippen MR) is 110 cm³/mol. The van der Waals surface area contributed by atoms with E-state index in [1.807, 2.05) is 6.92 Å². The maximum absolute atomic E-state index is 11.7. The van der Waals surface area contributed by atoms with E-state index >= 15 is 0 Å². The quantitative estimate of drug-likeness (QED) is 0.165. The van der Waals surface area contributed by atoms with Crippen LogP contribution in [0.4, 0.5) is 0 Å². The molecule has 0 amide bonds. The monoisotopic (exact) mass is 350 g/mol. The number of rotatable bonds is 16. The highest BCUT2D eigenvalue weighted by Crippen LogP contribution is 2.11. The molecule has 0 fully saturated rings. The standard InChI is InChI=1S/C23H42O2/c1-5-6-7-8-9-10-11-12-13-14-15-16-17-18-19-20-23(24)25-22(4)21(2)3/h9-10,12-13,21-22H,5-8,11,14-20H2,1-4H3/b10-9-,13-12+. The van der Waals surface area contributed by atoms with E-state index in [0.717, 1.165) is 19.3 Å². The van der Waals surface area contributed by atoms with Gasteiger partial charge in [0.2, 0.25) is 0 Å².